The van der Waals surface area contributed by atoms with Gasteiger partial charge in [0.25, 0.3) is 0 Å². The van der Waals surface area contributed by atoms with Crippen LogP contribution >= 0.6 is 23.2 Å². The first-order chi connectivity index (χ1) is 8.61. The molecule has 0 aliphatic carbocycles. The second-order valence-electron chi connectivity index (χ2n) is 4.45. The zero-order valence-corrected chi connectivity index (χ0v) is 12.1. The van der Waals surface area contributed by atoms with E-state index in [9.17, 15) is 4.79 Å². The molecule has 100 valence electrons. The van der Waals surface area contributed by atoms with Crippen LogP contribution in [0.3, 0.4) is 0 Å². The number of alkyl halides is 1. The Hall–Kier alpha value is -0.730. The molecule has 1 rings (SSSR count). The quantitative estimate of drug-likeness (QED) is 0.600. The zero-order chi connectivity index (χ0) is 13.4. The molecule has 1 aromatic carbocycles. The first kappa shape index (κ1) is 15.3. The average molecular weight is 288 g/mol. The third kappa shape index (κ3) is 6.27. The van der Waals surface area contributed by atoms with Crippen LogP contribution in [0.2, 0.25) is 5.02 Å². The van der Waals surface area contributed by atoms with Crippen LogP contribution in [0, 0.1) is 0 Å². The van der Waals surface area contributed by atoms with Crippen LogP contribution in [0.25, 0.3) is 0 Å². The van der Waals surface area contributed by atoms with Crippen LogP contribution < -0.4 is 5.32 Å². The summed E-state index contributed by atoms with van der Waals surface area (Å²) in [5.74, 6) is 0.709. The lowest BCUT2D eigenvalue weighted by atomic mass is 10.1. The summed E-state index contributed by atoms with van der Waals surface area (Å²) in [5, 5.41) is 3.71. The van der Waals surface area contributed by atoms with Crippen molar-refractivity contribution in [3.05, 3.63) is 34.9 Å². The lowest BCUT2D eigenvalue weighted by molar-refractivity contribution is -0.121. The molecule has 0 spiro atoms. The van der Waals surface area contributed by atoms with Crippen LogP contribution in [-0.4, -0.2) is 17.8 Å². The summed E-state index contributed by atoms with van der Waals surface area (Å²) < 4.78 is 0. The van der Waals surface area contributed by atoms with Gasteiger partial charge >= 0.3 is 0 Å². The third-order valence-corrected chi connectivity index (χ3v) is 3.13. The van der Waals surface area contributed by atoms with E-state index < -0.39 is 0 Å². The fourth-order valence-corrected chi connectivity index (χ4v) is 2.20. The highest BCUT2D eigenvalue weighted by Crippen LogP contribution is 2.12. The normalized spacial score (nSPS) is 12.2. The van der Waals surface area contributed by atoms with Crippen molar-refractivity contribution in [1.82, 2.24) is 5.32 Å². The fraction of sp³-hybridized carbons (Fsp3) is 0.500. The molecule has 4 heteroatoms. The summed E-state index contributed by atoms with van der Waals surface area (Å²) in [6.45, 7) is 2.00. The SMILES string of the molecule is CC(Cc1cccc(Cl)c1)NC(=O)CCCCCl. The van der Waals surface area contributed by atoms with Crippen molar-refractivity contribution in [2.75, 3.05) is 5.88 Å². The maximum Gasteiger partial charge on any atom is 0.220 e. The minimum atomic E-state index is 0.0923. The van der Waals surface area contributed by atoms with Crippen LogP contribution in [-0.2, 0) is 11.2 Å². The Morgan fingerprint density at radius 1 is 1.39 bits per heavy atom. The molecule has 1 unspecified atom stereocenters. The molecular weight excluding hydrogens is 269 g/mol. The van der Waals surface area contributed by atoms with Gasteiger partial charge in [0.2, 0.25) is 5.91 Å². The van der Waals surface area contributed by atoms with Gasteiger partial charge in [-0.1, -0.05) is 23.7 Å². The van der Waals surface area contributed by atoms with Crippen molar-refractivity contribution in [1.29, 1.82) is 0 Å². The molecule has 18 heavy (non-hydrogen) atoms. The highest BCUT2D eigenvalue weighted by atomic mass is 35.5. The summed E-state index contributed by atoms with van der Waals surface area (Å²) in [5.41, 5.74) is 1.14. The zero-order valence-electron chi connectivity index (χ0n) is 10.6. The summed E-state index contributed by atoms with van der Waals surface area (Å²) in [4.78, 5) is 11.6. The Morgan fingerprint density at radius 2 is 2.17 bits per heavy atom. The molecule has 0 saturated carbocycles. The number of hydrogen-bond acceptors (Lipinski definition) is 1. The van der Waals surface area contributed by atoms with Gasteiger partial charge in [0, 0.05) is 23.4 Å². The van der Waals surface area contributed by atoms with E-state index in [0.717, 1.165) is 29.8 Å². The molecule has 0 bridgehead atoms. The van der Waals surface area contributed by atoms with Gasteiger partial charge in [0.15, 0.2) is 0 Å². The number of nitrogens with one attached hydrogen (secondary N) is 1. The van der Waals surface area contributed by atoms with Crippen molar-refractivity contribution >= 4 is 29.1 Å². The largest absolute Gasteiger partial charge is 0.353 e. The third-order valence-electron chi connectivity index (χ3n) is 2.63. The van der Waals surface area contributed by atoms with E-state index in [0.29, 0.717) is 12.3 Å². The molecule has 1 N–H and O–H groups in total. The average Bonchev–Trinajstić information content (AvgIpc) is 2.29. The van der Waals surface area contributed by atoms with Gasteiger partial charge in [-0.25, -0.2) is 0 Å². The van der Waals surface area contributed by atoms with Crippen LogP contribution in [0.4, 0.5) is 0 Å². The summed E-state index contributed by atoms with van der Waals surface area (Å²) in [6.07, 6.45) is 3.07. The van der Waals surface area contributed by atoms with Crippen molar-refractivity contribution in [2.45, 2.75) is 38.6 Å². The number of carbonyl (C=O) groups is 1. The first-order valence-electron chi connectivity index (χ1n) is 6.21. The molecule has 0 radical (unpaired) electrons. The summed E-state index contributed by atoms with van der Waals surface area (Å²) in [7, 11) is 0. The van der Waals surface area contributed by atoms with Gasteiger partial charge in [-0.2, -0.15) is 0 Å². The summed E-state index contributed by atoms with van der Waals surface area (Å²) >= 11 is 11.5. The minimum Gasteiger partial charge on any atom is -0.353 e. The second kappa shape index (κ2) is 8.39. The fourth-order valence-electron chi connectivity index (χ4n) is 1.80. The Kier molecular flexibility index (Phi) is 7.14. The highest BCUT2D eigenvalue weighted by Gasteiger charge is 2.08. The maximum absolute atomic E-state index is 11.6. The number of carbonyl (C=O) groups excluding carboxylic acids is 1. The van der Waals surface area contributed by atoms with Gasteiger partial charge in [0.1, 0.15) is 0 Å². The smallest absolute Gasteiger partial charge is 0.220 e. The van der Waals surface area contributed by atoms with Gasteiger partial charge in [0.05, 0.1) is 0 Å². The Balaban J connectivity index is 2.32. The predicted octanol–water partition coefficient (Wildman–Crippen LogP) is 3.80. The van der Waals surface area contributed by atoms with Crippen molar-refractivity contribution in [3.8, 4) is 0 Å². The number of rotatable bonds is 7. The van der Waals surface area contributed by atoms with E-state index in [1.165, 1.54) is 0 Å². The van der Waals surface area contributed by atoms with Gasteiger partial charge in [-0.05, 0) is 43.9 Å². The lowest BCUT2D eigenvalue weighted by Crippen LogP contribution is -2.33. The molecule has 0 heterocycles. The molecule has 0 aromatic heterocycles. The van der Waals surface area contributed by atoms with Crippen molar-refractivity contribution < 1.29 is 4.79 Å². The van der Waals surface area contributed by atoms with Crippen molar-refractivity contribution in [2.24, 2.45) is 0 Å². The molecule has 2 nitrogen and oxygen atoms in total. The van der Waals surface area contributed by atoms with Crippen LogP contribution in [0.1, 0.15) is 31.7 Å². The number of unbranched alkanes of at least 4 members (excludes halogenated alkanes) is 1. The standard InChI is InChI=1S/C14H19Cl2NO/c1-11(17-14(18)7-2-3-8-15)9-12-5-4-6-13(16)10-12/h4-6,10-11H,2-3,7-9H2,1H3,(H,17,18). The number of amides is 1. The lowest BCUT2D eigenvalue weighted by Gasteiger charge is -2.14. The molecule has 1 amide bonds. The minimum absolute atomic E-state index is 0.0923. The second-order valence-corrected chi connectivity index (χ2v) is 5.26. The maximum atomic E-state index is 11.6. The number of halogens is 2. The Labute approximate surface area is 119 Å². The van der Waals surface area contributed by atoms with Crippen LogP contribution in [0.5, 0.6) is 0 Å². The van der Waals surface area contributed by atoms with E-state index in [1.54, 1.807) is 0 Å². The van der Waals surface area contributed by atoms with E-state index in [4.69, 9.17) is 23.2 Å². The van der Waals surface area contributed by atoms with E-state index >= 15 is 0 Å². The van der Waals surface area contributed by atoms with Crippen LogP contribution in [0.15, 0.2) is 24.3 Å². The van der Waals surface area contributed by atoms with Gasteiger partial charge in [-0.3, -0.25) is 4.79 Å². The predicted molar refractivity (Wildman–Crippen MR) is 77.3 cm³/mol. The highest BCUT2D eigenvalue weighted by molar-refractivity contribution is 6.30. The molecule has 0 aliphatic rings. The Bertz CT molecular complexity index is 382. The summed E-state index contributed by atoms with van der Waals surface area (Å²) in [6, 6.07) is 7.83. The molecular formula is C14H19Cl2NO. The van der Waals surface area contributed by atoms with E-state index in [-0.39, 0.29) is 11.9 Å². The topological polar surface area (TPSA) is 29.1 Å². The molecule has 1 atom stereocenters. The molecule has 0 saturated heterocycles. The van der Waals surface area contributed by atoms with Gasteiger partial charge in [-0.15, -0.1) is 11.6 Å². The number of hydrogen-bond donors (Lipinski definition) is 1. The molecule has 0 aliphatic heterocycles. The molecule has 0 fully saturated rings. The molecule has 1 aromatic rings. The Morgan fingerprint density at radius 3 is 2.83 bits per heavy atom. The monoisotopic (exact) mass is 287 g/mol. The van der Waals surface area contributed by atoms with E-state index in [2.05, 4.69) is 5.32 Å². The van der Waals surface area contributed by atoms with E-state index in [1.807, 2.05) is 31.2 Å². The van der Waals surface area contributed by atoms with Crippen molar-refractivity contribution in [3.63, 3.8) is 0 Å². The first-order valence-corrected chi connectivity index (χ1v) is 7.13. The van der Waals surface area contributed by atoms with Gasteiger partial charge < -0.3 is 5.32 Å². The number of benzene rings is 1.